The summed E-state index contributed by atoms with van der Waals surface area (Å²) in [6.45, 7) is 5.10. The standard InChI is InChI=1S/C11H20F3N3OS/c1-10(2)3-4-17(5-6-19-10)7-8(9(15)16-18)11(12,13)14/h8,18H,3-7H2,1-2H3,(H2,15,16). The molecule has 0 aliphatic carbocycles. The van der Waals surface area contributed by atoms with Crippen LogP contribution in [0.4, 0.5) is 13.2 Å². The molecule has 0 radical (unpaired) electrons. The number of halogens is 3. The predicted molar refractivity (Wildman–Crippen MR) is 70.5 cm³/mol. The van der Waals surface area contributed by atoms with Gasteiger partial charge in [0, 0.05) is 23.6 Å². The van der Waals surface area contributed by atoms with E-state index in [1.54, 1.807) is 16.7 Å². The fraction of sp³-hybridized carbons (Fsp3) is 0.909. The van der Waals surface area contributed by atoms with E-state index in [1.165, 1.54) is 0 Å². The molecule has 8 heteroatoms. The van der Waals surface area contributed by atoms with Crippen LogP contribution >= 0.6 is 11.8 Å². The summed E-state index contributed by atoms with van der Waals surface area (Å²) in [5, 5.41) is 11.0. The van der Waals surface area contributed by atoms with Gasteiger partial charge in [0.25, 0.3) is 0 Å². The number of nitrogens with two attached hydrogens (primary N) is 1. The molecule has 1 saturated heterocycles. The Kier molecular flexibility index (Phi) is 5.37. The molecule has 1 atom stereocenters. The minimum absolute atomic E-state index is 0.0824. The van der Waals surface area contributed by atoms with Crippen LogP contribution in [0.5, 0.6) is 0 Å². The third-order valence-electron chi connectivity index (χ3n) is 3.24. The normalized spacial score (nSPS) is 23.9. The zero-order valence-electron chi connectivity index (χ0n) is 11.1. The van der Waals surface area contributed by atoms with Gasteiger partial charge in [-0.05, 0) is 13.0 Å². The summed E-state index contributed by atoms with van der Waals surface area (Å²) in [4.78, 5) is 1.73. The first kappa shape index (κ1) is 16.4. The smallest absolute Gasteiger partial charge is 0.400 e. The average Bonchev–Trinajstić information content (AvgIpc) is 2.45. The molecule has 1 aliphatic rings. The van der Waals surface area contributed by atoms with Gasteiger partial charge in [0.2, 0.25) is 0 Å². The number of oxime groups is 1. The first-order valence-electron chi connectivity index (χ1n) is 6.06. The Balaban J connectivity index is 2.70. The third kappa shape index (κ3) is 5.10. The molecule has 4 nitrogen and oxygen atoms in total. The molecule has 0 aromatic carbocycles. The summed E-state index contributed by atoms with van der Waals surface area (Å²) in [6.07, 6.45) is -3.68. The van der Waals surface area contributed by atoms with Crippen molar-refractivity contribution in [2.45, 2.75) is 31.2 Å². The van der Waals surface area contributed by atoms with Gasteiger partial charge in [-0.25, -0.2) is 0 Å². The van der Waals surface area contributed by atoms with Crippen LogP contribution in [0.1, 0.15) is 20.3 Å². The molecule has 112 valence electrons. The number of alkyl halides is 3. The van der Waals surface area contributed by atoms with Gasteiger partial charge in [-0.1, -0.05) is 19.0 Å². The van der Waals surface area contributed by atoms with Gasteiger partial charge in [0.1, 0.15) is 5.92 Å². The van der Waals surface area contributed by atoms with Crippen molar-refractivity contribution in [2.75, 3.05) is 25.4 Å². The third-order valence-corrected chi connectivity index (χ3v) is 4.61. The molecular weight excluding hydrogens is 279 g/mol. The van der Waals surface area contributed by atoms with Crippen molar-refractivity contribution >= 4 is 17.6 Å². The number of amidine groups is 1. The van der Waals surface area contributed by atoms with Crippen molar-refractivity contribution in [1.29, 1.82) is 0 Å². The van der Waals surface area contributed by atoms with Gasteiger partial charge in [0.15, 0.2) is 5.84 Å². The number of hydrogen-bond donors (Lipinski definition) is 2. The van der Waals surface area contributed by atoms with Gasteiger partial charge in [0.05, 0.1) is 0 Å². The van der Waals surface area contributed by atoms with Gasteiger partial charge >= 0.3 is 6.18 Å². The molecule has 1 rings (SSSR count). The Morgan fingerprint density at radius 3 is 2.63 bits per heavy atom. The SMILES string of the molecule is CC1(C)CCN(CC(C(N)=NO)C(F)(F)F)CCS1. The van der Waals surface area contributed by atoms with Crippen LogP contribution in [0.3, 0.4) is 0 Å². The lowest BCUT2D eigenvalue weighted by molar-refractivity contribution is -0.160. The molecule has 19 heavy (non-hydrogen) atoms. The predicted octanol–water partition coefficient (Wildman–Crippen LogP) is 2.13. The lowest BCUT2D eigenvalue weighted by Gasteiger charge is -2.27. The molecule has 0 amide bonds. The zero-order chi connectivity index (χ0) is 14.7. The summed E-state index contributed by atoms with van der Waals surface area (Å²) < 4.78 is 38.7. The Hall–Kier alpha value is -0.630. The van der Waals surface area contributed by atoms with Gasteiger partial charge in [-0.2, -0.15) is 24.9 Å². The van der Waals surface area contributed by atoms with Crippen LogP contribution in [0.2, 0.25) is 0 Å². The second kappa shape index (κ2) is 6.21. The minimum Gasteiger partial charge on any atom is -0.409 e. The summed E-state index contributed by atoms with van der Waals surface area (Å²) >= 11 is 1.76. The number of hydrogen-bond acceptors (Lipinski definition) is 4. The number of rotatable bonds is 3. The second-order valence-electron chi connectivity index (χ2n) is 5.28. The first-order valence-corrected chi connectivity index (χ1v) is 7.05. The molecule has 3 N–H and O–H groups in total. The van der Waals surface area contributed by atoms with Crippen LogP contribution in [0.15, 0.2) is 5.16 Å². The Bertz CT molecular complexity index is 334. The van der Waals surface area contributed by atoms with Gasteiger partial charge < -0.3 is 15.8 Å². The van der Waals surface area contributed by atoms with Crippen LogP contribution in [0.25, 0.3) is 0 Å². The Labute approximate surface area is 115 Å². The van der Waals surface area contributed by atoms with Crippen LogP contribution in [0, 0.1) is 5.92 Å². The maximum atomic E-state index is 12.9. The Morgan fingerprint density at radius 2 is 2.11 bits per heavy atom. The van der Waals surface area contributed by atoms with Crippen molar-refractivity contribution in [2.24, 2.45) is 16.8 Å². The van der Waals surface area contributed by atoms with E-state index < -0.39 is 17.9 Å². The summed E-state index contributed by atoms with van der Waals surface area (Å²) in [7, 11) is 0. The van der Waals surface area contributed by atoms with E-state index in [4.69, 9.17) is 10.9 Å². The van der Waals surface area contributed by atoms with E-state index in [-0.39, 0.29) is 11.3 Å². The van der Waals surface area contributed by atoms with E-state index in [1.807, 2.05) is 0 Å². The highest BCUT2D eigenvalue weighted by molar-refractivity contribution is 8.00. The van der Waals surface area contributed by atoms with Crippen molar-refractivity contribution < 1.29 is 18.4 Å². The molecule has 0 aromatic rings. The van der Waals surface area contributed by atoms with Crippen molar-refractivity contribution in [3.05, 3.63) is 0 Å². The first-order chi connectivity index (χ1) is 8.65. The second-order valence-corrected chi connectivity index (χ2v) is 7.08. The quantitative estimate of drug-likeness (QED) is 0.363. The molecule has 1 aliphatic heterocycles. The maximum absolute atomic E-state index is 12.9. The monoisotopic (exact) mass is 299 g/mol. The van der Waals surface area contributed by atoms with E-state index in [9.17, 15) is 13.2 Å². The van der Waals surface area contributed by atoms with Gasteiger partial charge in [-0.15, -0.1) is 0 Å². The molecule has 1 heterocycles. The van der Waals surface area contributed by atoms with E-state index in [0.717, 1.165) is 12.2 Å². The summed E-state index contributed by atoms with van der Waals surface area (Å²) in [5.74, 6) is -1.90. The number of thioether (sulfide) groups is 1. The van der Waals surface area contributed by atoms with E-state index >= 15 is 0 Å². The molecule has 1 fully saturated rings. The molecule has 0 aromatic heterocycles. The highest BCUT2D eigenvalue weighted by atomic mass is 32.2. The van der Waals surface area contributed by atoms with E-state index in [2.05, 4.69) is 19.0 Å². The minimum atomic E-state index is -4.49. The van der Waals surface area contributed by atoms with Crippen molar-refractivity contribution in [1.82, 2.24) is 4.90 Å². The topological polar surface area (TPSA) is 61.8 Å². The molecule has 0 bridgehead atoms. The lowest BCUT2D eigenvalue weighted by atomic mass is 10.1. The molecule has 0 saturated carbocycles. The fourth-order valence-corrected chi connectivity index (χ4v) is 3.08. The molecule has 1 unspecified atom stereocenters. The van der Waals surface area contributed by atoms with Crippen molar-refractivity contribution in [3.8, 4) is 0 Å². The highest BCUT2D eigenvalue weighted by Crippen LogP contribution is 2.32. The zero-order valence-corrected chi connectivity index (χ0v) is 11.9. The van der Waals surface area contributed by atoms with Crippen LogP contribution < -0.4 is 5.73 Å². The average molecular weight is 299 g/mol. The lowest BCUT2D eigenvalue weighted by Crippen LogP contribution is -2.45. The fourth-order valence-electron chi connectivity index (χ4n) is 1.94. The summed E-state index contributed by atoms with van der Waals surface area (Å²) in [6, 6.07) is 0. The molecular formula is C11H20F3N3OS. The van der Waals surface area contributed by atoms with Crippen LogP contribution in [-0.2, 0) is 0 Å². The summed E-state index contributed by atoms with van der Waals surface area (Å²) in [5.41, 5.74) is 5.16. The van der Waals surface area contributed by atoms with Crippen LogP contribution in [-0.4, -0.2) is 52.3 Å². The van der Waals surface area contributed by atoms with Crippen molar-refractivity contribution in [3.63, 3.8) is 0 Å². The Morgan fingerprint density at radius 1 is 1.47 bits per heavy atom. The largest absolute Gasteiger partial charge is 0.409 e. The molecule has 0 spiro atoms. The number of nitrogens with zero attached hydrogens (tertiary/aromatic N) is 2. The van der Waals surface area contributed by atoms with Gasteiger partial charge in [-0.3, -0.25) is 0 Å². The van der Waals surface area contributed by atoms with E-state index in [0.29, 0.717) is 13.1 Å². The maximum Gasteiger partial charge on any atom is 0.400 e. The highest BCUT2D eigenvalue weighted by Gasteiger charge is 2.44.